The quantitative estimate of drug-likeness (QED) is 0.429. The molecule has 1 aromatic carbocycles. The van der Waals surface area contributed by atoms with Gasteiger partial charge in [-0.05, 0) is 44.7 Å². The van der Waals surface area contributed by atoms with E-state index in [0.717, 1.165) is 31.4 Å². The Kier molecular flexibility index (Phi) is 9.13. The molecule has 0 bridgehead atoms. The maximum Gasteiger partial charge on any atom is 0.119 e. The van der Waals surface area contributed by atoms with Gasteiger partial charge in [-0.3, -0.25) is 0 Å². The molecule has 0 heterocycles. The van der Waals surface area contributed by atoms with Crippen LogP contribution in [0.3, 0.4) is 0 Å². The summed E-state index contributed by atoms with van der Waals surface area (Å²) in [4.78, 5) is 0. The molecule has 0 spiro atoms. The maximum absolute atomic E-state index is 5.57. The summed E-state index contributed by atoms with van der Waals surface area (Å²) >= 11 is 0. The highest BCUT2D eigenvalue weighted by Crippen LogP contribution is 2.07. The van der Waals surface area contributed by atoms with Crippen molar-refractivity contribution in [3.8, 4) is 5.75 Å². The Morgan fingerprint density at radius 3 is 2.00 bits per heavy atom. The Morgan fingerprint density at radius 2 is 1.37 bits per heavy atom. The van der Waals surface area contributed by atoms with Crippen molar-refractivity contribution in [3.63, 3.8) is 0 Å². The summed E-state index contributed by atoms with van der Waals surface area (Å²) in [6, 6.07) is 9.91. The van der Waals surface area contributed by atoms with E-state index in [-0.39, 0.29) is 0 Å². The van der Waals surface area contributed by atoms with Crippen LogP contribution in [0.2, 0.25) is 0 Å². The Morgan fingerprint density at radius 1 is 0.789 bits per heavy atom. The van der Waals surface area contributed by atoms with Gasteiger partial charge in [0.25, 0.3) is 0 Å². The molecule has 0 amide bonds. The van der Waals surface area contributed by atoms with Gasteiger partial charge in [-0.15, -0.1) is 0 Å². The topological polar surface area (TPSA) is 9.23 Å². The third-order valence-corrected chi connectivity index (χ3v) is 2.66. The zero-order chi connectivity index (χ0) is 13.6. The van der Waals surface area contributed by atoms with Crippen LogP contribution in [0.4, 0.5) is 0 Å². The van der Waals surface area contributed by atoms with Gasteiger partial charge in [-0.1, -0.05) is 54.7 Å². The van der Waals surface area contributed by atoms with Crippen molar-refractivity contribution in [1.82, 2.24) is 0 Å². The van der Waals surface area contributed by atoms with Gasteiger partial charge >= 0.3 is 0 Å². The number of benzene rings is 1. The monoisotopic (exact) mass is 256 g/mol. The van der Waals surface area contributed by atoms with E-state index in [4.69, 9.17) is 4.74 Å². The zero-order valence-electron chi connectivity index (χ0n) is 11.8. The van der Waals surface area contributed by atoms with E-state index in [1.807, 2.05) is 30.3 Å². The van der Waals surface area contributed by atoms with Gasteiger partial charge in [0.2, 0.25) is 0 Å². The first-order chi connectivity index (χ1) is 9.43. The number of hydrogen-bond donors (Lipinski definition) is 0. The fraction of sp³-hybridized carbons (Fsp3) is 0.333. The Balaban J connectivity index is 1.99. The largest absolute Gasteiger partial charge is 0.490 e. The summed E-state index contributed by atoms with van der Waals surface area (Å²) in [5, 5.41) is 0. The SMILES string of the molecule is C/C=C/CC/C=C/CC/C=C/COc1ccccc1. The van der Waals surface area contributed by atoms with Crippen LogP contribution in [-0.4, -0.2) is 6.61 Å². The standard InChI is InChI=1S/C18H24O/c1-2-3-4-5-6-7-8-9-10-14-17-19-18-15-12-11-13-16-18/h2-3,6-7,10-16H,4-5,8-9,17H2,1H3/b3-2+,7-6+,14-10+. The third kappa shape index (κ3) is 8.90. The highest BCUT2D eigenvalue weighted by molar-refractivity contribution is 5.21. The molecule has 102 valence electrons. The molecule has 19 heavy (non-hydrogen) atoms. The van der Waals surface area contributed by atoms with Gasteiger partial charge in [-0.25, -0.2) is 0 Å². The summed E-state index contributed by atoms with van der Waals surface area (Å²) < 4.78 is 5.57. The first-order valence-electron chi connectivity index (χ1n) is 7.02. The van der Waals surface area contributed by atoms with Crippen LogP contribution < -0.4 is 4.74 Å². The normalized spacial score (nSPS) is 11.8. The fourth-order valence-electron chi connectivity index (χ4n) is 1.63. The van der Waals surface area contributed by atoms with Gasteiger partial charge in [0.15, 0.2) is 0 Å². The van der Waals surface area contributed by atoms with Gasteiger partial charge in [0.05, 0.1) is 0 Å². The lowest BCUT2D eigenvalue weighted by Crippen LogP contribution is -1.92. The summed E-state index contributed by atoms with van der Waals surface area (Å²) in [5.74, 6) is 0.927. The highest BCUT2D eigenvalue weighted by Gasteiger charge is 1.86. The number of allylic oxidation sites excluding steroid dienone is 5. The van der Waals surface area contributed by atoms with E-state index >= 15 is 0 Å². The Hall–Kier alpha value is -1.76. The van der Waals surface area contributed by atoms with Crippen LogP contribution in [0, 0.1) is 0 Å². The van der Waals surface area contributed by atoms with Gasteiger partial charge in [0.1, 0.15) is 12.4 Å². The fourth-order valence-corrected chi connectivity index (χ4v) is 1.63. The molecule has 1 heteroatoms. The lowest BCUT2D eigenvalue weighted by molar-refractivity contribution is 0.362. The van der Waals surface area contributed by atoms with Crippen molar-refractivity contribution in [2.24, 2.45) is 0 Å². The number of para-hydroxylation sites is 1. The molecule has 0 fully saturated rings. The Bertz CT molecular complexity index is 387. The van der Waals surface area contributed by atoms with E-state index in [0.29, 0.717) is 6.61 Å². The van der Waals surface area contributed by atoms with Crippen molar-refractivity contribution in [2.75, 3.05) is 6.61 Å². The molecule has 0 aromatic heterocycles. The molecular formula is C18H24O. The summed E-state index contributed by atoms with van der Waals surface area (Å²) in [5.41, 5.74) is 0. The maximum atomic E-state index is 5.57. The lowest BCUT2D eigenvalue weighted by Gasteiger charge is -2.01. The number of rotatable bonds is 9. The molecule has 0 radical (unpaired) electrons. The molecule has 0 aliphatic rings. The summed E-state index contributed by atoms with van der Waals surface area (Å²) in [7, 11) is 0. The predicted octanol–water partition coefficient (Wildman–Crippen LogP) is 5.31. The molecule has 0 aliphatic heterocycles. The second-order valence-corrected chi connectivity index (χ2v) is 4.29. The summed E-state index contributed by atoms with van der Waals surface area (Å²) in [6.45, 7) is 2.71. The first-order valence-corrected chi connectivity index (χ1v) is 7.02. The van der Waals surface area contributed by atoms with E-state index in [1.54, 1.807) is 0 Å². The molecule has 0 N–H and O–H groups in total. The zero-order valence-corrected chi connectivity index (χ0v) is 11.8. The van der Waals surface area contributed by atoms with E-state index in [1.165, 1.54) is 0 Å². The predicted molar refractivity (Wildman–Crippen MR) is 83.5 cm³/mol. The van der Waals surface area contributed by atoms with Crippen LogP contribution in [0.5, 0.6) is 5.75 Å². The third-order valence-electron chi connectivity index (χ3n) is 2.66. The molecule has 0 unspecified atom stereocenters. The minimum absolute atomic E-state index is 0.648. The number of unbranched alkanes of at least 4 members (excludes halogenated alkanes) is 2. The Labute approximate surface area is 117 Å². The molecule has 0 atom stereocenters. The molecule has 0 saturated heterocycles. The van der Waals surface area contributed by atoms with Crippen molar-refractivity contribution in [1.29, 1.82) is 0 Å². The van der Waals surface area contributed by atoms with Crippen LogP contribution >= 0.6 is 0 Å². The highest BCUT2D eigenvalue weighted by atomic mass is 16.5. The van der Waals surface area contributed by atoms with Crippen molar-refractivity contribution in [3.05, 3.63) is 66.8 Å². The molecular weight excluding hydrogens is 232 g/mol. The first kappa shape index (κ1) is 15.3. The van der Waals surface area contributed by atoms with Crippen LogP contribution in [-0.2, 0) is 0 Å². The average molecular weight is 256 g/mol. The van der Waals surface area contributed by atoms with Crippen LogP contribution in [0.25, 0.3) is 0 Å². The van der Waals surface area contributed by atoms with E-state index < -0.39 is 0 Å². The van der Waals surface area contributed by atoms with Crippen molar-refractivity contribution >= 4 is 0 Å². The van der Waals surface area contributed by atoms with Gasteiger partial charge in [0, 0.05) is 0 Å². The molecule has 1 aromatic rings. The van der Waals surface area contributed by atoms with Crippen LogP contribution in [0.15, 0.2) is 66.8 Å². The van der Waals surface area contributed by atoms with Gasteiger partial charge < -0.3 is 4.74 Å². The lowest BCUT2D eigenvalue weighted by atomic mass is 10.2. The molecule has 1 nitrogen and oxygen atoms in total. The average Bonchev–Trinajstić information content (AvgIpc) is 2.46. The minimum atomic E-state index is 0.648. The van der Waals surface area contributed by atoms with Crippen molar-refractivity contribution < 1.29 is 4.74 Å². The number of hydrogen-bond acceptors (Lipinski definition) is 1. The van der Waals surface area contributed by atoms with E-state index in [9.17, 15) is 0 Å². The molecule has 0 saturated carbocycles. The van der Waals surface area contributed by atoms with Crippen molar-refractivity contribution in [2.45, 2.75) is 32.6 Å². The molecule has 1 rings (SSSR count). The smallest absolute Gasteiger partial charge is 0.119 e. The minimum Gasteiger partial charge on any atom is -0.490 e. The van der Waals surface area contributed by atoms with E-state index in [2.05, 4.69) is 43.4 Å². The second-order valence-electron chi connectivity index (χ2n) is 4.29. The molecule has 0 aliphatic carbocycles. The second kappa shape index (κ2) is 11.3. The number of ether oxygens (including phenoxy) is 1. The van der Waals surface area contributed by atoms with Crippen LogP contribution in [0.1, 0.15) is 32.6 Å². The van der Waals surface area contributed by atoms with Gasteiger partial charge in [-0.2, -0.15) is 0 Å². The summed E-state index contributed by atoms with van der Waals surface area (Å²) in [6.07, 6.45) is 17.6.